The first kappa shape index (κ1) is 19.6. The zero-order valence-corrected chi connectivity index (χ0v) is 16.5. The van der Waals surface area contributed by atoms with E-state index in [1.807, 2.05) is 17.8 Å². The molecule has 138 valence electrons. The summed E-state index contributed by atoms with van der Waals surface area (Å²) in [5, 5.41) is 6.83. The van der Waals surface area contributed by atoms with Crippen LogP contribution in [0.3, 0.4) is 0 Å². The molecule has 0 aliphatic heterocycles. The second kappa shape index (κ2) is 9.13. The molecule has 0 bridgehead atoms. The van der Waals surface area contributed by atoms with Crippen molar-refractivity contribution < 1.29 is 4.79 Å². The minimum Gasteiger partial charge on any atom is -0.355 e. The van der Waals surface area contributed by atoms with Crippen LogP contribution in [-0.2, 0) is 4.79 Å². The minimum absolute atomic E-state index is 0.00467. The first-order valence-corrected chi connectivity index (χ1v) is 9.75. The Morgan fingerprint density at radius 2 is 2.00 bits per heavy atom. The molecule has 2 rings (SSSR count). The third-order valence-corrected chi connectivity index (χ3v) is 5.82. The fraction of sp³-hybridized carbons (Fsp3) is 0.579. The Labute approximate surface area is 155 Å². The van der Waals surface area contributed by atoms with E-state index in [-0.39, 0.29) is 17.2 Å². The number of hydrogen-bond donors (Lipinski definition) is 2. The van der Waals surface area contributed by atoms with Crippen LogP contribution in [0.15, 0.2) is 40.2 Å². The van der Waals surface area contributed by atoms with Gasteiger partial charge >= 0.3 is 0 Å². The molecule has 0 radical (unpaired) electrons. The Hall–Kier alpha value is -1.69. The number of nitrogens with zero attached hydrogens (tertiary/aromatic N) is 2. The lowest BCUT2D eigenvalue weighted by molar-refractivity contribution is -0.127. The quantitative estimate of drug-likeness (QED) is 0.551. The summed E-state index contributed by atoms with van der Waals surface area (Å²) in [6.07, 6.45) is 3.41. The highest BCUT2D eigenvalue weighted by Gasteiger charge is 2.43. The average Bonchev–Trinajstić information content (AvgIpc) is 3.37. The largest absolute Gasteiger partial charge is 0.355 e. The van der Waals surface area contributed by atoms with Gasteiger partial charge in [0.25, 0.3) is 0 Å². The minimum atomic E-state index is 0.00467. The third kappa shape index (κ3) is 6.61. The molecule has 1 aliphatic rings. The zero-order chi connectivity index (χ0) is 18.3. The number of aliphatic imine (C=N–C) groups is 1. The monoisotopic (exact) mass is 362 g/mol. The molecule has 1 fully saturated rings. The van der Waals surface area contributed by atoms with Crippen LogP contribution in [0.1, 0.15) is 33.1 Å². The van der Waals surface area contributed by atoms with Gasteiger partial charge in [-0.2, -0.15) is 0 Å². The highest BCUT2D eigenvalue weighted by atomic mass is 32.2. The normalized spacial score (nSPS) is 16.9. The van der Waals surface area contributed by atoms with E-state index in [0.29, 0.717) is 6.04 Å². The Balaban J connectivity index is 1.94. The van der Waals surface area contributed by atoms with Crippen molar-refractivity contribution in [3.8, 4) is 0 Å². The maximum atomic E-state index is 11.8. The predicted molar refractivity (Wildman–Crippen MR) is 106 cm³/mol. The first-order valence-electron chi connectivity index (χ1n) is 8.93. The van der Waals surface area contributed by atoms with Crippen LogP contribution in [0.2, 0.25) is 0 Å². The summed E-state index contributed by atoms with van der Waals surface area (Å²) in [5.41, 5.74) is 0. The molecule has 5 nitrogen and oxygen atoms in total. The van der Waals surface area contributed by atoms with Crippen LogP contribution in [0.4, 0.5) is 0 Å². The maximum Gasteiger partial charge on any atom is 0.243 e. The number of benzene rings is 1. The van der Waals surface area contributed by atoms with Gasteiger partial charge in [0.1, 0.15) is 6.54 Å². The Morgan fingerprint density at radius 3 is 2.56 bits per heavy atom. The van der Waals surface area contributed by atoms with Gasteiger partial charge in [-0.15, -0.1) is 11.8 Å². The zero-order valence-electron chi connectivity index (χ0n) is 15.7. The summed E-state index contributed by atoms with van der Waals surface area (Å²) >= 11 is 1.93. The molecule has 1 aromatic carbocycles. The highest BCUT2D eigenvalue weighted by Crippen LogP contribution is 2.51. The van der Waals surface area contributed by atoms with Crippen LogP contribution < -0.4 is 10.6 Å². The number of thioether (sulfide) groups is 1. The van der Waals surface area contributed by atoms with Gasteiger partial charge in [0.05, 0.1) is 0 Å². The number of likely N-dealkylation sites (N-methyl/N-ethyl adjacent to an activating group) is 1. The first-order chi connectivity index (χ1) is 11.9. The Morgan fingerprint density at radius 1 is 1.32 bits per heavy atom. The van der Waals surface area contributed by atoms with E-state index in [1.54, 1.807) is 19.0 Å². The Kier molecular flexibility index (Phi) is 7.17. The number of carbonyl (C=O) groups excluding carboxylic acids is 1. The van der Waals surface area contributed by atoms with Crippen LogP contribution >= 0.6 is 11.8 Å². The van der Waals surface area contributed by atoms with Crippen molar-refractivity contribution in [2.24, 2.45) is 4.99 Å². The van der Waals surface area contributed by atoms with Gasteiger partial charge in [-0.3, -0.25) is 4.79 Å². The number of carbonyl (C=O) groups is 1. The van der Waals surface area contributed by atoms with Crippen molar-refractivity contribution in [2.45, 2.75) is 48.8 Å². The summed E-state index contributed by atoms with van der Waals surface area (Å²) in [5.74, 6) is 0.731. The van der Waals surface area contributed by atoms with E-state index in [9.17, 15) is 4.79 Å². The van der Waals surface area contributed by atoms with Crippen LogP contribution in [-0.4, -0.2) is 54.7 Å². The van der Waals surface area contributed by atoms with E-state index >= 15 is 0 Å². The average molecular weight is 363 g/mol. The smallest absolute Gasteiger partial charge is 0.243 e. The van der Waals surface area contributed by atoms with E-state index in [2.05, 4.69) is 53.7 Å². The SMILES string of the molecule is CCC(C)NC(=NCC(=O)N(C)C)NCC1(Sc2ccccc2)CC1. The van der Waals surface area contributed by atoms with Crippen LogP contribution in [0, 0.1) is 0 Å². The summed E-state index contributed by atoms with van der Waals surface area (Å²) < 4.78 is 0.241. The van der Waals surface area contributed by atoms with E-state index in [4.69, 9.17) is 0 Å². The fourth-order valence-electron chi connectivity index (χ4n) is 2.21. The Bertz CT molecular complexity index is 584. The molecule has 1 unspecified atom stereocenters. The lowest BCUT2D eigenvalue weighted by Crippen LogP contribution is -2.45. The van der Waals surface area contributed by atoms with Gasteiger partial charge < -0.3 is 15.5 Å². The number of amides is 1. The van der Waals surface area contributed by atoms with E-state index < -0.39 is 0 Å². The van der Waals surface area contributed by atoms with Crippen molar-refractivity contribution in [1.82, 2.24) is 15.5 Å². The molecule has 25 heavy (non-hydrogen) atoms. The molecule has 2 N–H and O–H groups in total. The summed E-state index contributed by atoms with van der Waals surface area (Å²) in [4.78, 5) is 19.2. The van der Waals surface area contributed by atoms with E-state index in [1.165, 1.54) is 17.7 Å². The van der Waals surface area contributed by atoms with Gasteiger partial charge in [0, 0.05) is 36.3 Å². The summed E-state index contributed by atoms with van der Waals surface area (Å²) in [6, 6.07) is 10.8. The molecular formula is C19H30N4OS. The standard InChI is InChI=1S/C19H30N4OS/c1-5-15(2)22-18(20-13-17(24)23(3)4)21-14-19(11-12-19)25-16-9-7-6-8-10-16/h6-10,15H,5,11-14H2,1-4H3,(H2,20,21,22). The van der Waals surface area contributed by atoms with Crippen LogP contribution in [0.5, 0.6) is 0 Å². The molecule has 0 aromatic heterocycles. The molecule has 6 heteroatoms. The molecule has 1 atom stereocenters. The topological polar surface area (TPSA) is 56.7 Å². The lowest BCUT2D eigenvalue weighted by atomic mass is 10.3. The van der Waals surface area contributed by atoms with Gasteiger partial charge in [0.2, 0.25) is 5.91 Å². The molecule has 1 saturated carbocycles. The van der Waals surface area contributed by atoms with Crippen molar-refractivity contribution in [2.75, 3.05) is 27.2 Å². The lowest BCUT2D eigenvalue weighted by Gasteiger charge is -2.21. The number of rotatable bonds is 8. The predicted octanol–water partition coefficient (Wildman–Crippen LogP) is 2.73. The van der Waals surface area contributed by atoms with Gasteiger partial charge in [-0.25, -0.2) is 4.99 Å². The number of hydrogen-bond acceptors (Lipinski definition) is 3. The van der Waals surface area contributed by atoms with Crippen LogP contribution in [0.25, 0.3) is 0 Å². The molecule has 0 saturated heterocycles. The van der Waals surface area contributed by atoms with Crippen molar-refractivity contribution in [3.05, 3.63) is 30.3 Å². The third-order valence-electron chi connectivity index (χ3n) is 4.33. The molecule has 1 aromatic rings. The van der Waals surface area contributed by atoms with Crippen molar-refractivity contribution in [3.63, 3.8) is 0 Å². The highest BCUT2D eigenvalue weighted by molar-refractivity contribution is 8.01. The summed E-state index contributed by atoms with van der Waals surface area (Å²) in [6.45, 7) is 5.27. The molecule has 0 heterocycles. The maximum absolute atomic E-state index is 11.8. The second-order valence-corrected chi connectivity index (χ2v) is 8.40. The van der Waals surface area contributed by atoms with Gasteiger partial charge in [-0.05, 0) is 38.3 Å². The van der Waals surface area contributed by atoms with Crippen molar-refractivity contribution >= 4 is 23.6 Å². The molecule has 0 spiro atoms. The second-order valence-electron chi connectivity index (χ2n) is 6.86. The fourth-order valence-corrected chi connectivity index (χ4v) is 3.46. The molecular weight excluding hydrogens is 332 g/mol. The van der Waals surface area contributed by atoms with Crippen molar-refractivity contribution in [1.29, 1.82) is 0 Å². The summed E-state index contributed by atoms with van der Waals surface area (Å²) in [7, 11) is 3.51. The van der Waals surface area contributed by atoms with Gasteiger partial charge in [-0.1, -0.05) is 25.1 Å². The number of guanidine groups is 1. The molecule has 1 aliphatic carbocycles. The van der Waals surface area contributed by atoms with E-state index in [0.717, 1.165) is 18.9 Å². The molecule has 1 amide bonds. The van der Waals surface area contributed by atoms with Gasteiger partial charge in [0.15, 0.2) is 5.96 Å². The number of nitrogens with one attached hydrogen (secondary N) is 2.